The van der Waals surface area contributed by atoms with Crippen LogP contribution in [-0.2, 0) is 9.84 Å². The van der Waals surface area contributed by atoms with Crippen molar-refractivity contribution in [3.8, 4) is 0 Å². The van der Waals surface area contributed by atoms with E-state index in [1.807, 2.05) is 13.8 Å². The molecule has 0 aliphatic carbocycles. The van der Waals surface area contributed by atoms with E-state index in [1.165, 1.54) is 6.92 Å². The lowest BCUT2D eigenvalue weighted by molar-refractivity contribution is 0.580. The van der Waals surface area contributed by atoms with Gasteiger partial charge >= 0.3 is 0 Å². The SMILES string of the molecule is CC(C)CS(=O)(=O)[C@H](C)Cl. The van der Waals surface area contributed by atoms with E-state index in [2.05, 4.69) is 0 Å². The summed E-state index contributed by atoms with van der Waals surface area (Å²) in [5.41, 5.74) is 0. The molecule has 0 spiro atoms. The first kappa shape index (κ1) is 10.2. The molecule has 0 fully saturated rings. The Morgan fingerprint density at radius 1 is 1.30 bits per heavy atom. The van der Waals surface area contributed by atoms with Gasteiger partial charge < -0.3 is 0 Å². The predicted octanol–water partition coefficient (Wildman–Crippen LogP) is 1.64. The third-order valence-corrected chi connectivity index (χ3v) is 4.00. The van der Waals surface area contributed by atoms with Crippen LogP contribution in [0.3, 0.4) is 0 Å². The van der Waals surface area contributed by atoms with Gasteiger partial charge in [0.2, 0.25) is 0 Å². The summed E-state index contributed by atoms with van der Waals surface area (Å²) in [6.45, 7) is 5.20. The van der Waals surface area contributed by atoms with Crippen LogP contribution >= 0.6 is 11.6 Å². The van der Waals surface area contributed by atoms with Gasteiger partial charge in [-0.2, -0.15) is 0 Å². The van der Waals surface area contributed by atoms with E-state index in [-0.39, 0.29) is 11.7 Å². The minimum Gasteiger partial charge on any atom is -0.227 e. The normalized spacial score (nSPS) is 15.7. The lowest BCUT2D eigenvalue weighted by atomic mass is 10.3. The first-order valence-electron chi connectivity index (χ1n) is 3.22. The first-order chi connectivity index (χ1) is 4.36. The smallest absolute Gasteiger partial charge is 0.167 e. The Labute approximate surface area is 67.5 Å². The molecular formula is C6H13ClO2S. The molecule has 0 aromatic carbocycles. The molecule has 0 bridgehead atoms. The molecule has 10 heavy (non-hydrogen) atoms. The van der Waals surface area contributed by atoms with E-state index in [0.717, 1.165) is 0 Å². The third-order valence-electron chi connectivity index (χ3n) is 1.06. The number of halogens is 1. The summed E-state index contributed by atoms with van der Waals surface area (Å²) in [6, 6.07) is 0. The van der Waals surface area contributed by atoms with Gasteiger partial charge in [0.25, 0.3) is 0 Å². The van der Waals surface area contributed by atoms with Crippen molar-refractivity contribution in [1.29, 1.82) is 0 Å². The summed E-state index contributed by atoms with van der Waals surface area (Å²) < 4.78 is 21.3. The van der Waals surface area contributed by atoms with Crippen molar-refractivity contribution in [2.75, 3.05) is 5.75 Å². The van der Waals surface area contributed by atoms with Crippen molar-refractivity contribution in [3.63, 3.8) is 0 Å². The summed E-state index contributed by atoms with van der Waals surface area (Å²) in [7, 11) is -3.03. The summed E-state index contributed by atoms with van der Waals surface area (Å²) >= 11 is 5.43. The fourth-order valence-corrected chi connectivity index (χ4v) is 2.01. The Bertz CT molecular complexity index is 182. The molecule has 0 saturated carbocycles. The van der Waals surface area contributed by atoms with Gasteiger partial charge in [-0.1, -0.05) is 13.8 Å². The maximum atomic E-state index is 11.0. The summed E-state index contributed by atoms with van der Waals surface area (Å²) in [5.74, 6) is 0.337. The Hall–Kier alpha value is 0.240. The fourth-order valence-electron chi connectivity index (χ4n) is 0.597. The highest BCUT2D eigenvalue weighted by Gasteiger charge is 2.18. The summed E-state index contributed by atoms with van der Waals surface area (Å²) in [6.07, 6.45) is 0. The minimum absolute atomic E-state index is 0.159. The molecule has 0 unspecified atom stereocenters. The molecule has 0 amide bonds. The number of hydrogen-bond acceptors (Lipinski definition) is 2. The molecule has 2 nitrogen and oxygen atoms in total. The molecule has 0 aliphatic heterocycles. The molecule has 62 valence electrons. The molecule has 0 radical (unpaired) electrons. The van der Waals surface area contributed by atoms with Crippen molar-refractivity contribution >= 4 is 21.4 Å². The monoisotopic (exact) mass is 184 g/mol. The molecule has 0 aromatic heterocycles. The maximum Gasteiger partial charge on any atom is 0.167 e. The first-order valence-corrected chi connectivity index (χ1v) is 5.37. The van der Waals surface area contributed by atoms with Gasteiger partial charge in [-0.05, 0) is 12.8 Å². The molecule has 0 rings (SSSR count). The van der Waals surface area contributed by atoms with Crippen LogP contribution in [0.2, 0.25) is 0 Å². The molecule has 4 heteroatoms. The number of alkyl halides is 1. The van der Waals surface area contributed by atoms with Crippen LogP contribution in [0.4, 0.5) is 0 Å². The van der Waals surface area contributed by atoms with Crippen molar-refractivity contribution < 1.29 is 8.42 Å². The van der Waals surface area contributed by atoms with Gasteiger partial charge in [0.1, 0.15) is 4.71 Å². The average molecular weight is 185 g/mol. The van der Waals surface area contributed by atoms with Crippen LogP contribution in [0.15, 0.2) is 0 Å². The van der Waals surface area contributed by atoms with Crippen LogP contribution in [0.25, 0.3) is 0 Å². The van der Waals surface area contributed by atoms with Gasteiger partial charge in [-0.25, -0.2) is 8.42 Å². The zero-order valence-corrected chi connectivity index (χ0v) is 8.04. The largest absolute Gasteiger partial charge is 0.227 e. The molecule has 0 aromatic rings. The molecule has 0 aliphatic rings. The highest BCUT2D eigenvalue weighted by atomic mass is 35.5. The van der Waals surface area contributed by atoms with E-state index in [4.69, 9.17) is 11.6 Å². The van der Waals surface area contributed by atoms with Crippen LogP contribution in [-0.4, -0.2) is 18.9 Å². The lowest BCUT2D eigenvalue weighted by Gasteiger charge is -2.07. The summed E-state index contributed by atoms with van der Waals surface area (Å²) in [5, 5.41) is 0. The Morgan fingerprint density at radius 3 is 1.80 bits per heavy atom. The molecule has 1 atom stereocenters. The van der Waals surface area contributed by atoms with E-state index >= 15 is 0 Å². The minimum atomic E-state index is -3.03. The van der Waals surface area contributed by atoms with Gasteiger partial charge in [0.05, 0.1) is 5.75 Å². The van der Waals surface area contributed by atoms with Crippen LogP contribution in [0.1, 0.15) is 20.8 Å². The summed E-state index contributed by atoms with van der Waals surface area (Å²) in [4.78, 5) is 0. The third kappa shape index (κ3) is 3.42. The molecule has 0 N–H and O–H groups in total. The number of sulfone groups is 1. The van der Waals surface area contributed by atoms with E-state index in [9.17, 15) is 8.42 Å². The zero-order chi connectivity index (χ0) is 8.36. The van der Waals surface area contributed by atoms with Crippen molar-refractivity contribution in [3.05, 3.63) is 0 Å². The molecule has 0 heterocycles. The second-order valence-electron chi connectivity index (χ2n) is 2.77. The Kier molecular flexibility index (Phi) is 3.66. The molecule has 0 saturated heterocycles. The quantitative estimate of drug-likeness (QED) is 0.625. The zero-order valence-electron chi connectivity index (χ0n) is 6.46. The van der Waals surface area contributed by atoms with Gasteiger partial charge in [-0.3, -0.25) is 0 Å². The molecular weight excluding hydrogens is 172 g/mol. The highest BCUT2D eigenvalue weighted by molar-refractivity contribution is 7.93. The van der Waals surface area contributed by atoms with Gasteiger partial charge in [0, 0.05) is 0 Å². The second kappa shape index (κ2) is 3.58. The van der Waals surface area contributed by atoms with Gasteiger partial charge in [0.15, 0.2) is 9.84 Å². The Balaban J connectivity index is 4.16. The van der Waals surface area contributed by atoms with Crippen molar-refractivity contribution in [1.82, 2.24) is 0 Å². The van der Waals surface area contributed by atoms with Crippen LogP contribution in [0.5, 0.6) is 0 Å². The lowest BCUT2D eigenvalue weighted by Crippen LogP contribution is -2.18. The maximum absolute atomic E-state index is 11.0. The van der Waals surface area contributed by atoms with Gasteiger partial charge in [-0.15, -0.1) is 11.6 Å². The predicted molar refractivity (Wildman–Crippen MR) is 43.9 cm³/mol. The number of hydrogen-bond donors (Lipinski definition) is 0. The number of rotatable bonds is 3. The standard InChI is InChI=1S/C6H13ClO2S/c1-5(2)4-10(8,9)6(3)7/h5-6H,4H2,1-3H3/t6-/m1/s1. The highest BCUT2D eigenvalue weighted by Crippen LogP contribution is 2.09. The average Bonchev–Trinajstić information content (AvgIpc) is 1.60. The second-order valence-corrected chi connectivity index (χ2v) is 6.05. The van der Waals surface area contributed by atoms with E-state index in [1.54, 1.807) is 0 Å². The topological polar surface area (TPSA) is 34.1 Å². The van der Waals surface area contributed by atoms with Crippen LogP contribution in [0, 0.1) is 5.92 Å². The van der Waals surface area contributed by atoms with Crippen LogP contribution < -0.4 is 0 Å². The van der Waals surface area contributed by atoms with E-state index < -0.39 is 14.5 Å². The van der Waals surface area contributed by atoms with Crippen molar-refractivity contribution in [2.45, 2.75) is 25.5 Å². The Morgan fingerprint density at radius 2 is 1.70 bits per heavy atom. The van der Waals surface area contributed by atoms with E-state index in [0.29, 0.717) is 0 Å². The fraction of sp³-hybridized carbons (Fsp3) is 1.00. The van der Waals surface area contributed by atoms with Crippen molar-refractivity contribution in [2.24, 2.45) is 5.92 Å².